The van der Waals surface area contributed by atoms with Crippen molar-refractivity contribution < 1.29 is 0 Å². The van der Waals surface area contributed by atoms with Crippen LogP contribution >= 0.6 is 0 Å². The lowest BCUT2D eigenvalue weighted by atomic mass is 10.1. The van der Waals surface area contributed by atoms with Gasteiger partial charge in [-0.2, -0.15) is 0 Å². The molecule has 0 amide bonds. The third-order valence-corrected chi connectivity index (χ3v) is 3.99. The highest BCUT2D eigenvalue weighted by atomic mass is 15.4. The first-order chi connectivity index (χ1) is 9.88. The Hall–Kier alpha value is -1.68. The van der Waals surface area contributed by atoms with Crippen LogP contribution in [0.2, 0.25) is 0 Å². The van der Waals surface area contributed by atoms with Crippen molar-refractivity contribution in [1.82, 2.24) is 20.3 Å². The molecular formula is C16H22N4. The molecule has 0 aliphatic heterocycles. The minimum Gasteiger partial charge on any atom is -0.314 e. The van der Waals surface area contributed by atoms with Gasteiger partial charge in [-0.25, -0.2) is 4.68 Å². The minimum atomic E-state index is 0.652. The maximum Gasteiger partial charge on any atom is 0.0729 e. The number of para-hydroxylation sites is 1. The second kappa shape index (κ2) is 6.18. The summed E-state index contributed by atoms with van der Waals surface area (Å²) in [7, 11) is 0. The molecule has 1 atom stereocenters. The molecule has 1 N–H and O–H groups in total. The predicted molar refractivity (Wildman–Crippen MR) is 79.9 cm³/mol. The molecule has 1 unspecified atom stereocenters. The van der Waals surface area contributed by atoms with E-state index >= 15 is 0 Å². The molecule has 0 spiro atoms. The van der Waals surface area contributed by atoms with E-state index in [4.69, 9.17) is 0 Å². The number of nitrogens with zero attached hydrogens (tertiary/aromatic N) is 3. The molecule has 20 heavy (non-hydrogen) atoms. The Kier molecular flexibility index (Phi) is 4.11. The third kappa shape index (κ3) is 3.07. The van der Waals surface area contributed by atoms with Crippen LogP contribution in [0.5, 0.6) is 0 Å². The van der Waals surface area contributed by atoms with Gasteiger partial charge in [-0.15, -0.1) is 5.10 Å². The monoisotopic (exact) mass is 270 g/mol. The molecule has 1 aliphatic carbocycles. The van der Waals surface area contributed by atoms with E-state index < -0.39 is 0 Å². The Morgan fingerprint density at radius 3 is 2.80 bits per heavy atom. The van der Waals surface area contributed by atoms with E-state index in [-0.39, 0.29) is 0 Å². The van der Waals surface area contributed by atoms with Crippen molar-refractivity contribution in [3.63, 3.8) is 0 Å². The third-order valence-electron chi connectivity index (χ3n) is 3.99. The van der Waals surface area contributed by atoms with Gasteiger partial charge in [0, 0.05) is 6.04 Å². The van der Waals surface area contributed by atoms with Gasteiger partial charge < -0.3 is 5.32 Å². The maximum atomic E-state index is 4.22. The number of aryl methyl sites for hydroxylation is 1. The van der Waals surface area contributed by atoms with E-state index in [1.807, 2.05) is 29.1 Å². The molecule has 0 radical (unpaired) electrons. The van der Waals surface area contributed by atoms with Gasteiger partial charge in [0.1, 0.15) is 0 Å². The van der Waals surface area contributed by atoms with Crippen LogP contribution in [0.25, 0.3) is 5.69 Å². The zero-order chi connectivity index (χ0) is 13.8. The second-order valence-electron chi connectivity index (χ2n) is 5.51. The Labute approximate surface area is 120 Å². The molecule has 4 heteroatoms. The summed E-state index contributed by atoms with van der Waals surface area (Å²) < 4.78 is 1.95. The van der Waals surface area contributed by atoms with Gasteiger partial charge in [-0.3, -0.25) is 0 Å². The van der Waals surface area contributed by atoms with Gasteiger partial charge in [0.15, 0.2) is 0 Å². The highest BCUT2D eigenvalue weighted by molar-refractivity contribution is 5.31. The fourth-order valence-electron chi connectivity index (χ4n) is 2.78. The number of aromatic nitrogens is 3. The van der Waals surface area contributed by atoms with Crippen molar-refractivity contribution in [3.8, 4) is 5.69 Å². The molecule has 1 saturated carbocycles. The summed E-state index contributed by atoms with van der Waals surface area (Å²) in [6.07, 6.45) is 6.85. The first kappa shape index (κ1) is 13.3. The van der Waals surface area contributed by atoms with E-state index in [9.17, 15) is 0 Å². The van der Waals surface area contributed by atoms with Crippen molar-refractivity contribution in [2.24, 2.45) is 5.92 Å². The van der Waals surface area contributed by atoms with Crippen LogP contribution in [0.3, 0.4) is 0 Å². The Balaban J connectivity index is 1.67. The van der Waals surface area contributed by atoms with E-state index in [1.54, 1.807) is 0 Å². The quantitative estimate of drug-likeness (QED) is 0.841. The molecule has 1 aliphatic rings. The highest BCUT2D eigenvalue weighted by Crippen LogP contribution is 2.34. The molecule has 1 aromatic carbocycles. The largest absolute Gasteiger partial charge is 0.314 e. The fourth-order valence-corrected chi connectivity index (χ4v) is 2.78. The average Bonchev–Trinajstić information content (AvgIpc) is 3.22. The van der Waals surface area contributed by atoms with Crippen LogP contribution in [-0.4, -0.2) is 27.6 Å². The highest BCUT2D eigenvalue weighted by Gasteiger charge is 2.30. The molecule has 2 aromatic rings. The summed E-state index contributed by atoms with van der Waals surface area (Å²) >= 11 is 0. The zero-order valence-corrected chi connectivity index (χ0v) is 12.0. The summed E-state index contributed by atoms with van der Waals surface area (Å²) in [6.45, 7) is 3.24. The van der Waals surface area contributed by atoms with Gasteiger partial charge in [-0.1, -0.05) is 30.3 Å². The number of hydrogen-bond acceptors (Lipinski definition) is 3. The normalized spacial score (nSPS) is 16.2. The first-order valence-electron chi connectivity index (χ1n) is 7.57. The molecular weight excluding hydrogens is 248 g/mol. The zero-order valence-electron chi connectivity index (χ0n) is 12.0. The van der Waals surface area contributed by atoms with Crippen LogP contribution in [-0.2, 0) is 6.42 Å². The number of hydrogen-bond donors (Lipinski definition) is 1. The summed E-state index contributed by atoms with van der Waals surface area (Å²) in [5, 5.41) is 11.9. The molecule has 0 saturated heterocycles. The Morgan fingerprint density at radius 1 is 1.30 bits per heavy atom. The fraction of sp³-hybridized carbons (Fsp3) is 0.500. The van der Waals surface area contributed by atoms with Crippen LogP contribution in [0.4, 0.5) is 0 Å². The van der Waals surface area contributed by atoms with E-state index in [2.05, 4.69) is 34.7 Å². The number of benzene rings is 1. The van der Waals surface area contributed by atoms with Crippen molar-refractivity contribution in [1.29, 1.82) is 0 Å². The summed E-state index contributed by atoms with van der Waals surface area (Å²) in [5.41, 5.74) is 2.28. The van der Waals surface area contributed by atoms with Gasteiger partial charge in [-0.05, 0) is 50.3 Å². The van der Waals surface area contributed by atoms with Crippen molar-refractivity contribution in [2.75, 3.05) is 6.54 Å². The summed E-state index contributed by atoms with van der Waals surface area (Å²) in [5.74, 6) is 0.885. The molecule has 3 rings (SSSR count). The van der Waals surface area contributed by atoms with Crippen LogP contribution in [0.15, 0.2) is 36.5 Å². The Bertz CT molecular complexity index is 530. The second-order valence-corrected chi connectivity index (χ2v) is 5.51. The summed E-state index contributed by atoms with van der Waals surface area (Å²) in [4.78, 5) is 0. The lowest BCUT2D eigenvalue weighted by Crippen LogP contribution is -2.31. The van der Waals surface area contributed by atoms with Gasteiger partial charge >= 0.3 is 0 Å². The van der Waals surface area contributed by atoms with Crippen molar-refractivity contribution >= 4 is 0 Å². The molecule has 4 nitrogen and oxygen atoms in total. The molecule has 1 fully saturated rings. The van der Waals surface area contributed by atoms with Crippen molar-refractivity contribution in [3.05, 3.63) is 42.2 Å². The maximum absolute atomic E-state index is 4.22. The SMILES string of the molecule is CCNC(CCc1cnnn1-c1ccccc1)C1CC1. The minimum absolute atomic E-state index is 0.652. The van der Waals surface area contributed by atoms with Crippen LogP contribution in [0, 0.1) is 5.92 Å². The molecule has 0 bridgehead atoms. The van der Waals surface area contributed by atoms with E-state index in [0.29, 0.717) is 6.04 Å². The Morgan fingerprint density at radius 2 is 2.10 bits per heavy atom. The lowest BCUT2D eigenvalue weighted by Gasteiger charge is -2.17. The summed E-state index contributed by atoms with van der Waals surface area (Å²) in [6, 6.07) is 10.9. The molecule has 1 aromatic heterocycles. The molecule has 106 valence electrons. The lowest BCUT2D eigenvalue weighted by molar-refractivity contribution is 0.443. The smallest absolute Gasteiger partial charge is 0.0729 e. The topological polar surface area (TPSA) is 42.7 Å². The first-order valence-corrected chi connectivity index (χ1v) is 7.57. The van der Waals surface area contributed by atoms with Crippen LogP contribution in [0.1, 0.15) is 31.9 Å². The average molecular weight is 270 g/mol. The van der Waals surface area contributed by atoms with Gasteiger partial charge in [0.05, 0.1) is 17.6 Å². The standard InChI is InChI=1S/C16H22N4/c1-2-17-16(13-8-9-13)11-10-15-12-18-19-20(15)14-6-4-3-5-7-14/h3-7,12-13,16-17H,2,8-11H2,1H3. The van der Waals surface area contributed by atoms with Crippen LogP contribution < -0.4 is 5.32 Å². The molecule has 1 heterocycles. The predicted octanol–water partition coefficient (Wildman–Crippen LogP) is 2.59. The number of rotatable bonds is 7. The van der Waals surface area contributed by atoms with E-state index in [1.165, 1.54) is 25.0 Å². The van der Waals surface area contributed by atoms with Crippen molar-refractivity contribution in [2.45, 2.75) is 38.6 Å². The van der Waals surface area contributed by atoms with E-state index in [0.717, 1.165) is 24.6 Å². The number of nitrogens with one attached hydrogen (secondary N) is 1. The van der Waals surface area contributed by atoms with Gasteiger partial charge in [0.2, 0.25) is 0 Å². The van der Waals surface area contributed by atoms with Gasteiger partial charge in [0.25, 0.3) is 0 Å².